The van der Waals surface area contributed by atoms with Crippen LogP contribution in [-0.4, -0.2) is 40.5 Å². The van der Waals surface area contributed by atoms with Gasteiger partial charge in [-0.3, -0.25) is 14.5 Å². The molecule has 118 valence electrons. The van der Waals surface area contributed by atoms with E-state index in [0.29, 0.717) is 30.2 Å². The van der Waals surface area contributed by atoms with Crippen LogP contribution in [-0.2, 0) is 16.1 Å². The average molecular weight is 321 g/mol. The van der Waals surface area contributed by atoms with Gasteiger partial charge in [0.25, 0.3) is 5.56 Å². The number of hydrogen-bond acceptors (Lipinski definition) is 6. The van der Waals surface area contributed by atoms with Crippen molar-refractivity contribution in [3.05, 3.63) is 27.6 Å². The lowest BCUT2D eigenvalue weighted by atomic mass is 9.98. The van der Waals surface area contributed by atoms with Crippen LogP contribution in [0.5, 0.6) is 0 Å². The summed E-state index contributed by atoms with van der Waals surface area (Å²) in [5.74, 6) is 0.452. The average Bonchev–Trinajstić information content (AvgIpc) is 2.97. The largest absolute Gasteiger partial charge is 0.466 e. The third kappa shape index (κ3) is 3.20. The van der Waals surface area contributed by atoms with E-state index < -0.39 is 0 Å². The Hall–Kier alpha value is -1.73. The molecule has 0 bridgehead atoms. The number of hydrogen-bond donors (Lipinski definition) is 1. The van der Waals surface area contributed by atoms with Crippen LogP contribution in [0.3, 0.4) is 0 Å². The highest BCUT2D eigenvalue weighted by molar-refractivity contribution is 7.17. The van der Waals surface area contributed by atoms with E-state index in [1.165, 1.54) is 11.3 Å². The molecular formula is C15H19N3O3S. The summed E-state index contributed by atoms with van der Waals surface area (Å²) in [5.41, 5.74) is 0.650. The number of nitrogens with one attached hydrogen (secondary N) is 1. The topological polar surface area (TPSA) is 75.3 Å². The Kier molecular flexibility index (Phi) is 4.54. The number of fused-ring (bicyclic) bond motifs is 1. The van der Waals surface area contributed by atoms with Gasteiger partial charge in [0.15, 0.2) is 0 Å². The Morgan fingerprint density at radius 3 is 3.27 bits per heavy atom. The van der Waals surface area contributed by atoms with Gasteiger partial charge in [-0.25, -0.2) is 4.98 Å². The minimum Gasteiger partial charge on any atom is -0.466 e. The molecule has 6 nitrogen and oxygen atoms in total. The van der Waals surface area contributed by atoms with Gasteiger partial charge < -0.3 is 9.72 Å². The Morgan fingerprint density at radius 1 is 1.59 bits per heavy atom. The quantitative estimate of drug-likeness (QED) is 0.869. The van der Waals surface area contributed by atoms with Gasteiger partial charge in [-0.15, -0.1) is 11.3 Å². The molecule has 1 N–H and O–H groups in total. The van der Waals surface area contributed by atoms with Crippen LogP contribution >= 0.6 is 11.3 Å². The number of piperidine rings is 1. The SMILES string of the molecule is CCOC(=O)C1CCCN(Cc2nc3ccsc3c(=O)[nH]2)C1. The maximum atomic E-state index is 12.0. The fourth-order valence-corrected chi connectivity index (χ4v) is 3.59. The molecule has 0 spiro atoms. The molecule has 7 heteroatoms. The van der Waals surface area contributed by atoms with Gasteiger partial charge in [-0.1, -0.05) is 0 Å². The van der Waals surface area contributed by atoms with Crippen LogP contribution in [0.15, 0.2) is 16.2 Å². The summed E-state index contributed by atoms with van der Waals surface area (Å²) in [7, 11) is 0. The molecule has 1 fully saturated rings. The molecule has 1 atom stereocenters. The van der Waals surface area contributed by atoms with Crippen molar-refractivity contribution in [3.8, 4) is 0 Å². The van der Waals surface area contributed by atoms with E-state index in [9.17, 15) is 9.59 Å². The van der Waals surface area contributed by atoms with E-state index in [4.69, 9.17) is 4.74 Å². The van der Waals surface area contributed by atoms with Crippen molar-refractivity contribution >= 4 is 27.5 Å². The van der Waals surface area contributed by atoms with Crippen molar-refractivity contribution < 1.29 is 9.53 Å². The number of rotatable bonds is 4. The molecule has 2 aromatic rings. The van der Waals surface area contributed by atoms with Crippen LogP contribution in [0.4, 0.5) is 0 Å². The van der Waals surface area contributed by atoms with Gasteiger partial charge >= 0.3 is 5.97 Å². The van der Waals surface area contributed by atoms with Crippen molar-refractivity contribution in [2.45, 2.75) is 26.3 Å². The number of aromatic amines is 1. The molecule has 1 aliphatic rings. The second kappa shape index (κ2) is 6.58. The molecule has 1 aliphatic heterocycles. The van der Waals surface area contributed by atoms with Crippen LogP contribution < -0.4 is 5.56 Å². The zero-order valence-corrected chi connectivity index (χ0v) is 13.3. The molecule has 3 heterocycles. The fourth-order valence-electron chi connectivity index (χ4n) is 2.86. The molecule has 0 aromatic carbocycles. The lowest BCUT2D eigenvalue weighted by molar-refractivity contribution is -0.150. The smallest absolute Gasteiger partial charge is 0.310 e. The highest BCUT2D eigenvalue weighted by Gasteiger charge is 2.27. The molecule has 1 saturated heterocycles. The number of likely N-dealkylation sites (tertiary alicyclic amines) is 1. The van der Waals surface area contributed by atoms with Crippen molar-refractivity contribution in [1.82, 2.24) is 14.9 Å². The first kappa shape index (κ1) is 15.2. The summed E-state index contributed by atoms with van der Waals surface area (Å²) in [5, 5.41) is 1.87. The van der Waals surface area contributed by atoms with Gasteiger partial charge in [0.05, 0.1) is 24.6 Å². The van der Waals surface area contributed by atoms with Gasteiger partial charge in [0.2, 0.25) is 0 Å². The van der Waals surface area contributed by atoms with Gasteiger partial charge in [-0.2, -0.15) is 0 Å². The molecule has 0 amide bonds. The third-order valence-electron chi connectivity index (χ3n) is 3.86. The van der Waals surface area contributed by atoms with E-state index in [2.05, 4.69) is 14.9 Å². The first-order valence-corrected chi connectivity index (χ1v) is 8.40. The van der Waals surface area contributed by atoms with Gasteiger partial charge in [0.1, 0.15) is 10.5 Å². The van der Waals surface area contributed by atoms with Crippen molar-refractivity contribution in [3.63, 3.8) is 0 Å². The molecule has 3 rings (SSSR count). The summed E-state index contributed by atoms with van der Waals surface area (Å²) in [6.45, 7) is 4.35. The zero-order chi connectivity index (χ0) is 15.5. The fraction of sp³-hybridized carbons (Fsp3) is 0.533. The summed E-state index contributed by atoms with van der Waals surface area (Å²) in [4.78, 5) is 33.3. The number of thiophene rings is 1. The van der Waals surface area contributed by atoms with Crippen LogP contribution in [0, 0.1) is 5.92 Å². The van der Waals surface area contributed by atoms with E-state index in [0.717, 1.165) is 24.9 Å². The van der Waals surface area contributed by atoms with E-state index in [1.54, 1.807) is 0 Å². The van der Waals surface area contributed by atoms with E-state index >= 15 is 0 Å². The molecule has 1 unspecified atom stereocenters. The lowest BCUT2D eigenvalue weighted by Crippen LogP contribution is -2.39. The number of H-pyrrole nitrogens is 1. The Morgan fingerprint density at radius 2 is 2.45 bits per heavy atom. The number of carbonyl (C=O) groups is 1. The predicted molar refractivity (Wildman–Crippen MR) is 84.9 cm³/mol. The summed E-state index contributed by atoms with van der Waals surface area (Å²) in [6.07, 6.45) is 1.82. The third-order valence-corrected chi connectivity index (χ3v) is 4.77. The number of aromatic nitrogens is 2. The Labute approximate surface area is 132 Å². The van der Waals surface area contributed by atoms with Gasteiger partial charge in [-0.05, 0) is 37.8 Å². The molecule has 2 aromatic heterocycles. The predicted octanol–water partition coefficient (Wildman–Crippen LogP) is 1.76. The molecule has 22 heavy (non-hydrogen) atoms. The number of nitrogens with zero attached hydrogens (tertiary/aromatic N) is 2. The second-order valence-corrected chi connectivity index (χ2v) is 6.39. The van der Waals surface area contributed by atoms with Crippen molar-refractivity contribution in [2.75, 3.05) is 19.7 Å². The highest BCUT2D eigenvalue weighted by Crippen LogP contribution is 2.20. The number of ether oxygens (including phenoxy) is 1. The van der Waals surface area contributed by atoms with Crippen LogP contribution in [0.25, 0.3) is 10.2 Å². The van der Waals surface area contributed by atoms with Crippen LogP contribution in [0.2, 0.25) is 0 Å². The molecule has 0 radical (unpaired) electrons. The maximum absolute atomic E-state index is 12.0. The molecular weight excluding hydrogens is 302 g/mol. The summed E-state index contributed by atoms with van der Waals surface area (Å²) >= 11 is 1.40. The van der Waals surface area contributed by atoms with E-state index in [1.807, 2.05) is 18.4 Å². The van der Waals surface area contributed by atoms with Gasteiger partial charge in [0, 0.05) is 6.54 Å². The molecule has 0 aliphatic carbocycles. The second-order valence-electron chi connectivity index (χ2n) is 5.47. The van der Waals surface area contributed by atoms with Crippen molar-refractivity contribution in [1.29, 1.82) is 0 Å². The molecule has 0 saturated carbocycles. The number of esters is 1. The maximum Gasteiger partial charge on any atom is 0.310 e. The zero-order valence-electron chi connectivity index (χ0n) is 12.5. The summed E-state index contributed by atoms with van der Waals surface area (Å²) in [6, 6.07) is 1.86. The standard InChI is InChI=1S/C15H19N3O3S/c1-2-21-15(20)10-4-3-6-18(8-10)9-12-16-11-5-7-22-13(11)14(19)17-12/h5,7,10H,2-4,6,8-9H2,1H3,(H,16,17,19). The first-order valence-electron chi connectivity index (χ1n) is 7.52. The lowest BCUT2D eigenvalue weighted by Gasteiger charge is -2.30. The Balaban J connectivity index is 1.71. The Bertz CT molecular complexity index is 724. The van der Waals surface area contributed by atoms with Crippen molar-refractivity contribution in [2.24, 2.45) is 5.92 Å². The monoisotopic (exact) mass is 321 g/mol. The van der Waals surface area contributed by atoms with Crippen LogP contribution in [0.1, 0.15) is 25.6 Å². The number of carbonyl (C=O) groups excluding carboxylic acids is 1. The highest BCUT2D eigenvalue weighted by atomic mass is 32.1. The first-order chi connectivity index (χ1) is 10.7. The normalized spacial score (nSPS) is 19.4. The minimum absolute atomic E-state index is 0.0784. The summed E-state index contributed by atoms with van der Waals surface area (Å²) < 4.78 is 5.77. The minimum atomic E-state index is -0.123. The van der Waals surface area contributed by atoms with E-state index in [-0.39, 0.29) is 17.4 Å².